The molecule has 7 heteroatoms. The number of anilines is 2. The molecule has 0 saturated heterocycles. The SMILES string of the molecule is C[C@H](O[P+](C)=O)c1ccc(C(=O)Nc2cc(-c3cccs3)ccc2N)cc1. The van der Waals surface area contributed by atoms with Crippen LogP contribution in [0.1, 0.15) is 28.9 Å². The highest BCUT2D eigenvalue weighted by atomic mass is 32.1. The normalized spacial score (nSPS) is 12.4. The van der Waals surface area contributed by atoms with Crippen molar-refractivity contribution >= 4 is 36.6 Å². The Morgan fingerprint density at radius 1 is 1.19 bits per heavy atom. The average Bonchev–Trinajstić information content (AvgIpc) is 3.18. The average molecular weight is 399 g/mol. The van der Waals surface area contributed by atoms with Crippen molar-refractivity contribution in [2.24, 2.45) is 0 Å². The minimum absolute atomic E-state index is 0.244. The van der Waals surface area contributed by atoms with Gasteiger partial charge >= 0.3 is 8.03 Å². The second-order valence-electron chi connectivity index (χ2n) is 6.04. The van der Waals surface area contributed by atoms with Crippen LogP contribution in [-0.4, -0.2) is 12.6 Å². The van der Waals surface area contributed by atoms with Gasteiger partial charge in [0.25, 0.3) is 5.91 Å². The van der Waals surface area contributed by atoms with Gasteiger partial charge in [-0.1, -0.05) is 24.3 Å². The fourth-order valence-corrected chi connectivity index (χ4v) is 3.94. The topological polar surface area (TPSA) is 81.4 Å². The number of carbonyl (C=O) groups excluding carboxylic acids is 1. The number of benzene rings is 2. The van der Waals surface area contributed by atoms with Gasteiger partial charge in [0, 0.05) is 10.4 Å². The number of nitrogen functional groups attached to an aromatic ring is 1. The highest BCUT2D eigenvalue weighted by molar-refractivity contribution is 7.38. The zero-order chi connectivity index (χ0) is 19.4. The Kier molecular flexibility index (Phi) is 6.01. The van der Waals surface area contributed by atoms with Crippen molar-refractivity contribution < 1.29 is 13.9 Å². The van der Waals surface area contributed by atoms with Crippen molar-refractivity contribution in [2.45, 2.75) is 13.0 Å². The van der Waals surface area contributed by atoms with E-state index in [1.54, 1.807) is 41.7 Å². The first kappa shape index (κ1) is 19.2. The van der Waals surface area contributed by atoms with E-state index in [0.717, 1.165) is 16.0 Å². The molecule has 1 aromatic heterocycles. The minimum Gasteiger partial charge on any atom is -0.397 e. The number of nitrogens with two attached hydrogens (primary N) is 1. The fourth-order valence-electron chi connectivity index (χ4n) is 2.64. The Balaban J connectivity index is 1.75. The van der Waals surface area contributed by atoms with E-state index in [-0.39, 0.29) is 12.0 Å². The van der Waals surface area contributed by atoms with Gasteiger partial charge in [-0.3, -0.25) is 4.79 Å². The third-order valence-corrected chi connectivity index (χ3v) is 5.59. The lowest BCUT2D eigenvalue weighted by Gasteiger charge is -2.11. The highest BCUT2D eigenvalue weighted by Gasteiger charge is 2.17. The lowest BCUT2D eigenvalue weighted by molar-refractivity contribution is 0.102. The largest absolute Gasteiger partial charge is 0.505 e. The first-order valence-electron chi connectivity index (χ1n) is 8.36. The van der Waals surface area contributed by atoms with Crippen LogP contribution < -0.4 is 11.1 Å². The molecular weight excluding hydrogens is 379 g/mol. The van der Waals surface area contributed by atoms with Crippen LogP contribution >= 0.6 is 19.4 Å². The van der Waals surface area contributed by atoms with Gasteiger partial charge in [-0.2, -0.15) is 0 Å². The van der Waals surface area contributed by atoms with Gasteiger partial charge < -0.3 is 11.1 Å². The summed E-state index contributed by atoms with van der Waals surface area (Å²) in [6, 6.07) is 16.6. The molecule has 27 heavy (non-hydrogen) atoms. The van der Waals surface area contributed by atoms with E-state index in [0.29, 0.717) is 16.9 Å². The summed E-state index contributed by atoms with van der Waals surface area (Å²) in [5, 5.41) is 4.88. The molecule has 1 heterocycles. The first-order chi connectivity index (χ1) is 12.9. The molecule has 2 aromatic carbocycles. The summed E-state index contributed by atoms with van der Waals surface area (Å²) in [4.78, 5) is 13.7. The number of amides is 1. The molecule has 0 aliphatic heterocycles. The van der Waals surface area contributed by atoms with Crippen LogP contribution in [0.3, 0.4) is 0 Å². The molecule has 1 amide bonds. The second kappa shape index (κ2) is 8.44. The van der Waals surface area contributed by atoms with E-state index in [4.69, 9.17) is 10.3 Å². The molecule has 1 unspecified atom stereocenters. The van der Waals surface area contributed by atoms with Crippen LogP contribution in [0.5, 0.6) is 0 Å². The summed E-state index contributed by atoms with van der Waals surface area (Å²) in [7, 11) is -1.68. The van der Waals surface area contributed by atoms with E-state index in [1.165, 1.54) is 6.66 Å². The molecule has 0 aliphatic carbocycles. The molecule has 3 rings (SSSR count). The van der Waals surface area contributed by atoms with Gasteiger partial charge in [0.15, 0.2) is 6.66 Å². The van der Waals surface area contributed by atoms with Crippen LogP contribution in [-0.2, 0) is 9.09 Å². The Labute approximate surface area is 163 Å². The molecule has 0 bridgehead atoms. The second-order valence-corrected chi connectivity index (χ2v) is 8.08. The highest BCUT2D eigenvalue weighted by Crippen LogP contribution is 2.31. The lowest BCUT2D eigenvalue weighted by Crippen LogP contribution is -2.13. The number of thiophene rings is 1. The van der Waals surface area contributed by atoms with Crippen molar-refractivity contribution in [3.05, 3.63) is 71.1 Å². The number of carbonyl (C=O) groups is 1. The molecule has 3 N–H and O–H groups in total. The number of nitrogens with one attached hydrogen (secondary N) is 1. The van der Waals surface area contributed by atoms with Gasteiger partial charge in [0.2, 0.25) is 0 Å². The van der Waals surface area contributed by atoms with E-state index in [2.05, 4.69) is 5.32 Å². The van der Waals surface area contributed by atoms with Crippen LogP contribution in [0.15, 0.2) is 60.0 Å². The van der Waals surface area contributed by atoms with Gasteiger partial charge in [-0.25, -0.2) is 0 Å². The first-order valence-corrected chi connectivity index (χ1v) is 10.9. The zero-order valence-corrected chi connectivity index (χ0v) is 16.7. The maximum Gasteiger partial charge on any atom is 0.505 e. The van der Waals surface area contributed by atoms with Gasteiger partial charge in [-0.15, -0.1) is 15.9 Å². The van der Waals surface area contributed by atoms with Gasteiger partial charge in [0.05, 0.1) is 11.4 Å². The summed E-state index contributed by atoms with van der Waals surface area (Å²) in [5.41, 5.74) is 9.48. The lowest BCUT2D eigenvalue weighted by atomic mass is 10.1. The Morgan fingerprint density at radius 2 is 1.93 bits per heavy atom. The Bertz CT molecular complexity index is 956. The molecule has 0 radical (unpaired) electrons. The quantitative estimate of drug-likeness (QED) is 0.411. The molecule has 0 fully saturated rings. The predicted molar refractivity (Wildman–Crippen MR) is 112 cm³/mol. The van der Waals surface area contributed by atoms with E-state index in [9.17, 15) is 9.36 Å². The van der Waals surface area contributed by atoms with Crippen molar-refractivity contribution in [1.82, 2.24) is 0 Å². The third kappa shape index (κ3) is 4.80. The summed E-state index contributed by atoms with van der Waals surface area (Å²) >= 11 is 1.63. The zero-order valence-electron chi connectivity index (χ0n) is 15.0. The van der Waals surface area contributed by atoms with Crippen molar-refractivity contribution in [3.63, 3.8) is 0 Å². The Morgan fingerprint density at radius 3 is 2.56 bits per heavy atom. The standard InChI is InChI=1S/C20H19N2O3PS/c1-13(25-26(2)24)14-5-7-15(8-6-14)20(23)22-18-12-16(9-10-17(18)21)19-4-3-11-27-19/h3-13H,21H2,1-2H3/p+1/t13-/m0/s1. The molecule has 2 atom stereocenters. The smallest absolute Gasteiger partial charge is 0.397 e. The molecule has 0 saturated carbocycles. The summed E-state index contributed by atoms with van der Waals surface area (Å²) in [6.45, 7) is 3.34. The van der Waals surface area contributed by atoms with Crippen molar-refractivity contribution in [2.75, 3.05) is 17.7 Å². The van der Waals surface area contributed by atoms with Crippen LogP contribution in [0.25, 0.3) is 10.4 Å². The molecule has 5 nitrogen and oxygen atoms in total. The van der Waals surface area contributed by atoms with Crippen molar-refractivity contribution in [1.29, 1.82) is 0 Å². The maximum atomic E-state index is 12.6. The number of hydrogen-bond acceptors (Lipinski definition) is 5. The predicted octanol–water partition coefficient (Wildman–Crippen LogP) is 5.70. The Hall–Kier alpha value is -2.53. The summed E-state index contributed by atoms with van der Waals surface area (Å²) in [5.74, 6) is -0.244. The monoisotopic (exact) mass is 399 g/mol. The summed E-state index contributed by atoms with van der Waals surface area (Å²) in [6.07, 6.45) is -0.297. The number of rotatable bonds is 6. The maximum absolute atomic E-state index is 12.6. The van der Waals surface area contributed by atoms with E-state index >= 15 is 0 Å². The minimum atomic E-state index is -1.68. The third-order valence-electron chi connectivity index (χ3n) is 4.06. The van der Waals surface area contributed by atoms with Gasteiger partial charge in [-0.05, 0) is 58.3 Å². The summed E-state index contributed by atoms with van der Waals surface area (Å²) < 4.78 is 16.5. The molecule has 3 aromatic rings. The van der Waals surface area contributed by atoms with Crippen LogP contribution in [0.4, 0.5) is 11.4 Å². The van der Waals surface area contributed by atoms with Crippen LogP contribution in [0.2, 0.25) is 0 Å². The molecular formula is C20H20N2O3PS+. The molecule has 0 spiro atoms. The molecule has 0 aliphatic rings. The van der Waals surface area contributed by atoms with Crippen molar-refractivity contribution in [3.8, 4) is 10.4 Å². The van der Waals surface area contributed by atoms with E-state index in [1.807, 2.05) is 36.6 Å². The number of hydrogen-bond donors (Lipinski definition) is 2. The fraction of sp³-hybridized carbons (Fsp3) is 0.150. The van der Waals surface area contributed by atoms with E-state index < -0.39 is 8.03 Å². The van der Waals surface area contributed by atoms with Gasteiger partial charge in [0.1, 0.15) is 6.10 Å². The van der Waals surface area contributed by atoms with Crippen LogP contribution in [0, 0.1) is 0 Å². The molecule has 138 valence electrons.